The summed E-state index contributed by atoms with van der Waals surface area (Å²) < 4.78 is 11.8. The molecule has 2 saturated heterocycles. The first kappa shape index (κ1) is 17.9. The Hall–Kier alpha value is -0.460. The van der Waals surface area contributed by atoms with Crippen molar-refractivity contribution >= 4 is 17.7 Å². The molecule has 0 radical (unpaired) electrons. The average molecular weight is 330 g/mol. The van der Waals surface area contributed by atoms with Crippen LogP contribution in [-0.4, -0.2) is 75.0 Å². The van der Waals surface area contributed by atoms with Crippen LogP contribution in [0.2, 0.25) is 0 Å². The summed E-state index contributed by atoms with van der Waals surface area (Å²) >= 11 is 1.85. The summed E-state index contributed by atoms with van der Waals surface area (Å²) in [6.45, 7) is 4.70. The molecule has 0 aliphatic carbocycles. The number of ether oxygens (including phenoxy) is 2. The van der Waals surface area contributed by atoms with Crippen LogP contribution in [0.1, 0.15) is 32.1 Å². The van der Waals surface area contributed by atoms with Crippen LogP contribution in [0.3, 0.4) is 0 Å². The molecule has 2 fully saturated rings. The highest BCUT2D eigenvalue weighted by atomic mass is 32.2. The molecule has 1 N–H and O–H groups in total. The van der Waals surface area contributed by atoms with Gasteiger partial charge in [-0.15, -0.1) is 0 Å². The van der Waals surface area contributed by atoms with E-state index in [-0.39, 0.29) is 0 Å². The van der Waals surface area contributed by atoms with Gasteiger partial charge in [-0.25, -0.2) is 0 Å². The minimum atomic E-state index is 0.327. The number of thioether (sulfide) groups is 1. The molecule has 0 aromatic rings. The first-order chi connectivity index (χ1) is 10.8. The predicted molar refractivity (Wildman–Crippen MR) is 93.9 cm³/mol. The van der Waals surface area contributed by atoms with E-state index in [4.69, 9.17) is 9.47 Å². The van der Waals surface area contributed by atoms with Gasteiger partial charge in [0.2, 0.25) is 0 Å². The Morgan fingerprint density at radius 2 is 2.14 bits per heavy atom. The van der Waals surface area contributed by atoms with Crippen molar-refractivity contribution in [3.05, 3.63) is 0 Å². The maximum atomic E-state index is 6.07. The minimum Gasteiger partial charge on any atom is -0.376 e. The van der Waals surface area contributed by atoms with Crippen LogP contribution in [0.25, 0.3) is 0 Å². The molecule has 0 aromatic carbocycles. The van der Waals surface area contributed by atoms with E-state index in [1.165, 1.54) is 12.8 Å². The summed E-state index contributed by atoms with van der Waals surface area (Å²) in [5, 5.41) is 3.43. The van der Waals surface area contributed by atoms with Crippen molar-refractivity contribution < 1.29 is 9.47 Å². The molecule has 2 aliphatic heterocycles. The van der Waals surface area contributed by atoms with E-state index in [2.05, 4.69) is 21.5 Å². The number of aliphatic imine (C=N–C) groups is 1. The van der Waals surface area contributed by atoms with Crippen LogP contribution in [0, 0.1) is 0 Å². The van der Waals surface area contributed by atoms with E-state index in [0.717, 1.165) is 63.8 Å². The SMILES string of the molecule is CN=C(NCCSC)N1CCC(OCC2CCCCO2)CC1. The number of hydrogen-bond acceptors (Lipinski definition) is 4. The zero-order valence-electron chi connectivity index (χ0n) is 14.1. The van der Waals surface area contributed by atoms with E-state index in [1.54, 1.807) is 0 Å². The monoisotopic (exact) mass is 329 g/mol. The average Bonchev–Trinajstić information content (AvgIpc) is 2.59. The van der Waals surface area contributed by atoms with Crippen LogP contribution in [0.4, 0.5) is 0 Å². The Balaban J connectivity index is 1.63. The fourth-order valence-corrected chi connectivity index (χ4v) is 3.32. The Kier molecular flexibility index (Phi) is 8.41. The lowest BCUT2D eigenvalue weighted by atomic mass is 10.1. The van der Waals surface area contributed by atoms with Crippen molar-refractivity contribution in [3.63, 3.8) is 0 Å². The molecule has 1 unspecified atom stereocenters. The van der Waals surface area contributed by atoms with Crippen molar-refractivity contribution in [2.24, 2.45) is 4.99 Å². The summed E-state index contributed by atoms with van der Waals surface area (Å²) in [5.74, 6) is 2.14. The molecular weight excluding hydrogens is 298 g/mol. The molecule has 5 nitrogen and oxygen atoms in total. The quantitative estimate of drug-likeness (QED) is 0.459. The molecule has 1 atom stereocenters. The van der Waals surface area contributed by atoms with Gasteiger partial charge >= 0.3 is 0 Å². The van der Waals surface area contributed by atoms with Crippen molar-refractivity contribution in [1.82, 2.24) is 10.2 Å². The number of guanidine groups is 1. The Morgan fingerprint density at radius 3 is 2.77 bits per heavy atom. The third-order valence-electron chi connectivity index (χ3n) is 4.33. The topological polar surface area (TPSA) is 46.1 Å². The molecule has 6 heteroatoms. The van der Waals surface area contributed by atoms with E-state index >= 15 is 0 Å². The molecule has 128 valence electrons. The molecule has 0 saturated carbocycles. The van der Waals surface area contributed by atoms with Gasteiger partial charge in [0.25, 0.3) is 0 Å². The molecule has 0 amide bonds. The second-order valence-corrected chi connectivity index (χ2v) is 6.96. The Bertz CT molecular complexity index is 327. The smallest absolute Gasteiger partial charge is 0.193 e. The van der Waals surface area contributed by atoms with Gasteiger partial charge in [-0.2, -0.15) is 11.8 Å². The van der Waals surface area contributed by atoms with Crippen LogP contribution in [-0.2, 0) is 9.47 Å². The van der Waals surface area contributed by atoms with E-state index in [1.807, 2.05) is 18.8 Å². The summed E-state index contributed by atoms with van der Waals surface area (Å²) in [7, 11) is 1.87. The fraction of sp³-hybridized carbons (Fsp3) is 0.938. The van der Waals surface area contributed by atoms with Gasteiger partial charge in [0.1, 0.15) is 0 Å². The van der Waals surface area contributed by atoms with E-state index in [0.29, 0.717) is 12.2 Å². The standard InChI is InChI=1S/C16H31N3O2S/c1-17-16(18-8-12-22-2)19-9-6-14(7-10-19)21-13-15-5-3-4-11-20-15/h14-15H,3-13H2,1-2H3,(H,17,18). The van der Waals surface area contributed by atoms with Crippen molar-refractivity contribution in [2.45, 2.75) is 44.3 Å². The second kappa shape index (κ2) is 10.3. The molecule has 22 heavy (non-hydrogen) atoms. The van der Waals surface area contributed by atoms with E-state index in [9.17, 15) is 0 Å². The van der Waals surface area contributed by atoms with Crippen LogP contribution in [0.5, 0.6) is 0 Å². The first-order valence-electron chi connectivity index (χ1n) is 8.51. The lowest BCUT2D eigenvalue weighted by Gasteiger charge is -2.35. The first-order valence-corrected chi connectivity index (χ1v) is 9.90. The van der Waals surface area contributed by atoms with Gasteiger partial charge in [-0.1, -0.05) is 0 Å². The maximum absolute atomic E-state index is 6.07. The van der Waals surface area contributed by atoms with Crippen molar-refractivity contribution in [3.8, 4) is 0 Å². The number of nitrogens with zero attached hydrogens (tertiary/aromatic N) is 2. The molecule has 2 rings (SSSR count). The van der Waals surface area contributed by atoms with Gasteiger partial charge in [0.05, 0.1) is 18.8 Å². The molecule has 2 aliphatic rings. The predicted octanol–water partition coefficient (Wildman–Crippen LogP) is 1.97. The fourth-order valence-electron chi connectivity index (χ4n) is 3.01. The number of nitrogens with one attached hydrogen (secondary N) is 1. The number of likely N-dealkylation sites (tertiary alicyclic amines) is 1. The maximum Gasteiger partial charge on any atom is 0.193 e. The lowest BCUT2D eigenvalue weighted by Crippen LogP contribution is -2.47. The summed E-state index contributed by atoms with van der Waals surface area (Å²) in [5.41, 5.74) is 0. The van der Waals surface area contributed by atoms with Gasteiger partial charge in [-0.05, 0) is 38.4 Å². The molecular formula is C16H31N3O2S. The van der Waals surface area contributed by atoms with Gasteiger partial charge in [0.15, 0.2) is 5.96 Å². The van der Waals surface area contributed by atoms with Gasteiger partial charge in [-0.3, -0.25) is 4.99 Å². The van der Waals surface area contributed by atoms with Crippen LogP contribution >= 0.6 is 11.8 Å². The zero-order valence-corrected chi connectivity index (χ0v) is 14.9. The third kappa shape index (κ3) is 5.97. The zero-order chi connectivity index (χ0) is 15.6. The van der Waals surface area contributed by atoms with Crippen LogP contribution in [0.15, 0.2) is 4.99 Å². The molecule has 0 aromatic heterocycles. The highest BCUT2D eigenvalue weighted by Gasteiger charge is 2.23. The number of piperidine rings is 1. The summed E-state index contributed by atoms with van der Waals surface area (Å²) in [6, 6.07) is 0. The van der Waals surface area contributed by atoms with Gasteiger partial charge < -0.3 is 19.7 Å². The second-order valence-electron chi connectivity index (χ2n) is 5.98. The largest absolute Gasteiger partial charge is 0.376 e. The van der Waals surface area contributed by atoms with Gasteiger partial charge in [0, 0.05) is 39.0 Å². The summed E-state index contributed by atoms with van der Waals surface area (Å²) in [6.07, 6.45) is 8.64. The third-order valence-corrected chi connectivity index (χ3v) is 4.95. The Labute approximate surface area is 139 Å². The normalized spacial score (nSPS) is 24.5. The van der Waals surface area contributed by atoms with Crippen LogP contribution < -0.4 is 5.32 Å². The number of hydrogen-bond donors (Lipinski definition) is 1. The summed E-state index contributed by atoms with van der Waals surface area (Å²) in [4.78, 5) is 6.73. The lowest BCUT2D eigenvalue weighted by molar-refractivity contribution is -0.0721. The molecule has 0 spiro atoms. The van der Waals surface area contributed by atoms with Crippen molar-refractivity contribution in [2.75, 3.05) is 51.9 Å². The highest BCUT2D eigenvalue weighted by Crippen LogP contribution is 2.17. The highest BCUT2D eigenvalue weighted by molar-refractivity contribution is 7.98. The Morgan fingerprint density at radius 1 is 1.32 bits per heavy atom. The minimum absolute atomic E-state index is 0.327. The molecule has 0 bridgehead atoms. The number of rotatable bonds is 6. The van der Waals surface area contributed by atoms with E-state index < -0.39 is 0 Å². The molecule has 2 heterocycles. The van der Waals surface area contributed by atoms with Crippen molar-refractivity contribution in [1.29, 1.82) is 0 Å².